The smallest absolute Gasteiger partial charge is 0.326 e. The molecule has 0 aromatic heterocycles. The fourth-order valence-corrected chi connectivity index (χ4v) is 2.43. The van der Waals surface area contributed by atoms with Crippen LogP contribution in [0.1, 0.15) is 30.6 Å². The van der Waals surface area contributed by atoms with Crippen LogP contribution in [0.2, 0.25) is 0 Å². The van der Waals surface area contributed by atoms with Crippen LogP contribution in [0.4, 0.5) is 10.1 Å². The van der Waals surface area contributed by atoms with Crippen molar-refractivity contribution < 1.29 is 27.5 Å². The van der Waals surface area contributed by atoms with E-state index in [4.69, 9.17) is 5.11 Å². The van der Waals surface area contributed by atoms with E-state index in [-0.39, 0.29) is 23.6 Å². The number of carbonyl (C=O) groups is 2. The van der Waals surface area contributed by atoms with Crippen molar-refractivity contribution in [1.82, 2.24) is 5.32 Å². The van der Waals surface area contributed by atoms with Gasteiger partial charge in [-0.2, -0.15) is 0 Å². The summed E-state index contributed by atoms with van der Waals surface area (Å²) in [6, 6.07) is 2.01. The van der Waals surface area contributed by atoms with Gasteiger partial charge in [-0.25, -0.2) is 17.6 Å². The predicted octanol–water partition coefficient (Wildman–Crippen LogP) is 1.43. The van der Waals surface area contributed by atoms with Crippen molar-refractivity contribution in [3.8, 4) is 0 Å². The van der Waals surface area contributed by atoms with Crippen LogP contribution in [0.15, 0.2) is 18.2 Å². The Morgan fingerprint density at radius 3 is 2.39 bits per heavy atom. The number of aliphatic carboxylic acids is 1. The first-order valence-corrected chi connectivity index (χ1v) is 8.69. The molecule has 1 amide bonds. The van der Waals surface area contributed by atoms with Gasteiger partial charge in [0.2, 0.25) is 10.0 Å². The Kier molecular flexibility index (Phi) is 6.08. The summed E-state index contributed by atoms with van der Waals surface area (Å²) in [6.07, 6.45) is 1.08. The van der Waals surface area contributed by atoms with E-state index >= 15 is 0 Å². The molecule has 0 radical (unpaired) electrons. The molecule has 0 aliphatic rings. The lowest BCUT2D eigenvalue weighted by Gasteiger charge is -2.17. The lowest BCUT2D eigenvalue weighted by Crippen LogP contribution is -2.41. The molecule has 23 heavy (non-hydrogen) atoms. The van der Waals surface area contributed by atoms with Gasteiger partial charge in [-0.1, -0.05) is 13.8 Å². The lowest BCUT2D eigenvalue weighted by atomic mass is 10.0. The molecule has 0 saturated carbocycles. The van der Waals surface area contributed by atoms with Crippen molar-refractivity contribution >= 4 is 27.6 Å². The van der Waals surface area contributed by atoms with E-state index in [1.54, 1.807) is 0 Å². The van der Waals surface area contributed by atoms with E-state index in [0.717, 1.165) is 24.5 Å². The first kappa shape index (κ1) is 18.9. The summed E-state index contributed by atoms with van der Waals surface area (Å²) in [4.78, 5) is 23.2. The molecule has 7 nitrogen and oxygen atoms in total. The lowest BCUT2D eigenvalue weighted by molar-refractivity contribution is -0.139. The van der Waals surface area contributed by atoms with Crippen LogP contribution in [0.5, 0.6) is 0 Å². The SMILES string of the molecule is CC(C)C[C@H](NC(=O)c1ccc(F)c(NS(C)(=O)=O)c1)C(=O)O. The maximum atomic E-state index is 13.6. The number of anilines is 1. The van der Waals surface area contributed by atoms with Gasteiger partial charge in [0.15, 0.2) is 0 Å². The van der Waals surface area contributed by atoms with Gasteiger partial charge in [0.05, 0.1) is 11.9 Å². The highest BCUT2D eigenvalue weighted by molar-refractivity contribution is 7.92. The van der Waals surface area contributed by atoms with Gasteiger partial charge < -0.3 is 10.4 Å². The van der Waals surface area contributed by atoms with Gasteiger partial charge >= 0.3 is 5.97 Å². The highest BCUT2D eigenvalue weighted by Gasteiger charge is 2.22. The molecule has 0 bridgehead atoms. The first-order chi connectivity index (χ1) is 10.5. The quantitative estimate of drug-likeness (QED) is 0.691. The van der Waals surface area contributed by atoms with Crippen LogP contribution >= 0.6 is 0 Å². The maximum Gasteiger partial charge on any atom is 0.326 e. The zero-order valence-electron chi connectivity index (χ0n) is 13.0. The zero-order valence-corrected chi connectivity index (χ0v) is 13.8. The summed E-state index contributed by atoms with van der Waals surface area (Å²) in [6.45, 7) is 3.63. The highest BCUT2D eigenvalue weighted by atomic mass is 32.2. The van der Waals surface area contributed by atoms with Gasteiger partial charge in [-0.3, -0.25) is 9.52 Å². The number of amides is 1. The first-order valence-electron chi connectivity index (χ1n) is 6.80. The molecular formula is C14H19FN2O5S. The molecule has 1 aromatic carbocycles. The van der Waals surface area contributed by atoms with Crippen molar-refractivity contribution in [2.45, 2.75) is 26.3 Å². The number of benzene rings is 1. The molecule has 0 heterocycles. The number of hydrogen-bond acceptors (Lipinski definition) is 4. The van der Waals surface area contributed by atoms with Crippen LogP contribution in [0.3, 0.4) is 0 Å². The average Bonchev–Trinajstić information content (AvgIpc) is 2.38. The molecule has 0 unspecified atom stereocenters. The topological polar surface area (TPSA) is 113 Å². The summed E-state index contributed by atoms with van der Waals surface area (Å²) >= 11 is 0. The normalized spacial score (nSPS) is 12.7. The monoisotopic (exact) mass is 346 g/mol. The van der Waals surface area contributed by atoms with E-state index < -0.39 is 33.8 Å². The van der Waals surface area contributed by atoms with Gasteiger partial charge in [0.25, 0.3) is 5.91 Å². The zero-order chi connectivity index (χ0) is 17.8. The van der Waals surface area contributed by atoms with Crippen LogP contribution < -0.4 is 10.0 Å². The summed E-state index contributed by atoms with van der Waals surface area (Å²) in [5.74, 6) is -2.70. The second-order valence-electron chi connectivity index (χ2n) is 5.56. The Balaban J connectivity index is 2.99. The van der Waals surface area contributed by atoms with E-state index in [0.29, 0.717) is 0 Å². The minimum Gasteiger partial charge on any atom is -0.480 e. The Bertz CT molecular complexity index is 703. The molecule has 128 valence electrons. The maximum absolute atomic E-state index is 13.6. The van der Waals surface area contributed by atoms with E-state index in [1.165, 1.54) is 0 Å². The molecule has 1 atom stereocenters. The van der Waals surface area contributed by atoms with E-state index in [9.17, 15) is 22.4 Å². The van der Waals surface area contributed by atoms with Crippen molar-refractivity contribution in [3.63, 3.8) is 0 Å². The standard InChI is InChI=1S/C14H19FN2O5S/c1-8(2)6-12(14(19)20)16-13(18)9-4-5-10(15)11(7-9)17-23(3,21)22/h4-5,7-8,12,17H,6H2,1-3H3,(H,16,18)(H,19,20)/t12-/m0/s1. The third kappa shape index (κ3) is 6.23. The number of hydrogen-bond donors (Lipinski definition) is 3. The van der Waals surface area contributed by atoms with E-state index in [1.807, 2.05) is 18.6 Å². The number of halogens is 1. The van der Waals surface area contributed by atoms with Crippen molar-refractivity contribution in [1.29, 1.82) is 0 Å². The van der Waals surface area contributed by atoms with Crippen LogP contribution in [0, 0.1) is 11.7 Å². The minimum atomic E-state index is -3.71. The van der Waals surface area contributed by atoms with Gasteiger partial charge in [-0.05, 0) is 30.5 Å². The number of rotatable bonds is 7. The fourth-order valence-electron chi connectivity index (χ4n) is 1.88. The largest absolute Gasteiger partial charge is 0.480 e. The Hall–Kier alpha value is -2.16. The molecule has 0 fully saturated rings. The molecule has 3 N–H and O–H groups in total. The predicted molar refractivity (Wildman–Crippen MR) is 83.2 cm³/mol. The van der Waals surface area contributed by atoms with Crippen LogP contribution in [0.25, 0.3) is 0 Å². The molecule has 9 heteroatoms. The average molecular weight is 346 g/mol. The summed E-state index contributed by atoms with van der Waals surface area (Å²) in [5, 5.41) is 11.4. The molecular weight excluding hydrogens is 327 g/mol. The number of sulfonamides is 1. The van der Waals surface area contributed by atoms with Crippen LogP contribution in [-0.2, 0) is 14.8 Å². The molecule has 0 spiro atoms. The van der Waals surface area contributed by atoms with Gasteiger partial charge in [0, 0.05) is 5.56 Å². The number of carbonyl (C=O) groups excluding carboxylic acids is 1. The second kappa shape index (κ2) is 7.40. The molecule has 1 rings (SSSR count). The third-order valence-electron chi connectivity index (χ3n) is 2.83. The van der Waals surface area contributed by atoms with Crippen LogP contribution in [-0.4, -0.2) is 37.7 Å². The summed E-state index contributed by atoms with van der Waals surface area (Å²) < 4.78 is 37.9. The highest BCUT2D eigenvalue weighted by Crippen LogP contribution is 2.17. The minimum absolute atomic E-state index is 0.0482. The summed E-state index contributed by atoms with van der Waals surface area (Å²) in [5.41, 5.74) is -0.427. The Morgan fingerprint density at radius 2 is 1.91 bits per heavy atom. The third-order valence-corrected chi connectivity index (χ3v) is 3.43. The second-order valence-corrected chi connectivity index (χ2v) is 7.31. The molecule has 1 aromatic rings. The molecule has 0 saturated heterocycles. The van der Waals surface area contributed by atoms with Gasteiger partial charge in [-0.15, -0.1) is 0 Å². The number of carboxylic acids is 1. The fraction of sp³-hybridized carbons (Fsp3) is 0.429. The Morgan fingerprint density at radius 1 is 1.30 bits per heavy atom. The molecule has 0 aliphatic heterocycles. The van der Waals surface area contributed by atoms with Gasteiger partial charge in [0.1, 0.15) is 11.9 Å². The van der Waals surface area contributed by atoms with Crippen molar-refractivity contribution in [2.75, 3.05) is 11.0 Å². The van der Waals surface area contributed by atoms with Crippen molar-refractivity contribution in [3.05, 3.63) is 29.6 Å². The van der Waals surface area contributed by atoms with E-state index in [2.05, 4.69) is 5.32 Å². The molecule has 0 aliphatic carbocycles. The number of carboxylic acid groups (broad SMARTS) is 1. The number of nitrogens with one attached hydrogen (secondary N) is 2. The van der Waals surface area contributed by atoms with Crippen molar-refractivity contribution in [2.24, 2.45) is 5.92 Å². The Labute approximate surface area is 133 Å². The summed E-state index contributed by atoms with van der Waals surface area (Å²) in [7, 11) is -3.71.